The Balaban J connectivity index is 2.28. The van der Waals surface area contributed by atoms with Crippen molar-refractivity contribution in [1.29, 1.82) is 0 Å². The van der Waals surface area contributed by atoms with Gasteiger partial charge in [0.1, 0.15) is 6.79 Å². The third-order valence-electron chi connectivity index (χ3n) is 2.02. The average Bonchev–Trinajstić information content (AvgIpc) is 2.04. The number of rotatable bonds is 4. The maximum Gasteiger partial charge on any atom is 0.305 e. The highest BCUT2D eigenvalue weighted by Gasteiger charge is 2.24. The number of ether oxygens (including phenoxy) is 2. The Hall–Kier alpha value is -0.650. The SMILES string of the molecule is NCCC1CC(CC(=O)O)OCO1. The highest BCUT2D eigenvalue weighted by Crippen LogP contribution is 2.17. The number of hydrogen-bond donors (Lipinski definition) is 2. The molecule has 0 bridgehead atoms. The molecular weight excluding hydrogens is 174 g/mol. The number of carbonyl (C=O) groups is 1. The van der Waals surface area contributed by atoms with Crippen LogP contribution in [0.15, 0.2) is 0 Å². The summed E-state index contributed by atoms with van der Waals surface area (Å²) in [6.45, 7) is 0.743. The summed E-state index contributed by atoms with van der Waals surface area (Å²) in [7, 11) is 0. The standard InChI is InChI=1S/C8H15NO4/c9-2-1-6-3-7(4-8(10)11)13-5-12-6/h6-7H,1-5,9H2,(H,10,11). The van der Waals surface area contributed by atoms with Crippen molar-refractivity contribution in [1.82, 2.24) is 0 Å². The zero-order chi connectivity index (χ0) is 9.68. The van der Waals surface area contributed by atoms with Gasteiger partial charge in [0.05, 0.1) is 18.6 Å². The Morgan fingerprint density at radius 3 is 2.77 bits per heavy atom. The number of nitrogens with two attached hydrogens (primary N) is 1. The fourth-order valence-electron chi connectivity index (χ4n) is 1.39. The van der Waals surface area contributed by atoms with Gasteiger partial charge in [0.15, 0.2) is 0 Å². The molecule has 0 radical (unpaired) electrons. The minimum atomic E-state index is -0.835. The molecule has 5 heteroatoms. The van der Waals surface area contributed by atoms with E-state index < -0.39 is 5.97 Å². The van der Waals surface area contributed by atoms with E-state index in [2.05, 4.69) is 0 Å². The van der Waals surface area contributed by atoms with Crippen LogP contribution in [0.3, 0.4) is 0 Å². The van der Waals surface area contributed by atoms with Crippen LogP contribution in [0.2, 0.25) is 0 Å². The molecule has 1 saturated heterocycles. The molecule has 1 heterocycles. The molecule has 76 valence electrons. The Labute approximate surface area is 76.8 Å². The molecule has 0 aromatic rings. The zero-order valence-electron chi connectivity index (χ0n) is 7.44. The average molecular weight is 189 g/mol. The van der Waals surface area contributed by atoms with Gasteiger partial charge in [-0.1, -0.05) is 0 Å². The number of carboxylic acids is 1. The molecule has 0 aromatic carbocycles. The first-order valence-electron chi connectivity index (χ1n) is 4.37. The monoisotopic (exact) mass is 189 g/mol. The van der Waals surface area contributed by atoms with E-state index in [0.717, 1.165) is 6.42 Å². The van der Waals surface area contributed by atoms with Crippen LogP contribution < -0.4 is 5.73 Å². The van der Waals surface area contributed by atoms with Crippen molar-refractivity contribution >= 4 is 5.97 Å². The van der Waals surface area contributed by atoms with Gasteiger partial charge in [0, 0.05) is 6.42 Å². The summed E-state index contributed by atoms with van der Waals surface area (Å²) < 4.78 is 10.4. The Bertz CT molecular complexity index is 172. The van der Waals surface area contributed by atoms with Crippen molar-refractivity contribution in [2.75, 3.05) is 13.3 Å². The lowest BCUT2D eigenvalue weighted by molar-refractivity contribution is -0.182. The minimum absolute atomic E-state index is 0.0461. The summed E-state index contributed by atoms with van der Waals surface area (Å²) in [4.78, 5) is 10.4. The van der Waals surface area contributed by atoms with Gasteiger partial charge >= 0.3 is 5.97 Å². The van der Waals surface area contributed by atoms with E-state index in [-0.39, 0.29) is 25.4 Å². The predicted octanol–water partition coefficient (Wildman–Crippen LogP) is -0.0585. The Morgan fingerprint density at radius 1 is 1.46 bits per heavy atom. The smallest absolute Gasteiger partial charge is 0.305 e. The molecule has 1 aliphatic rings. The molecule has 0 saturated carbocycles. The molecule has 0 amide bonds. The molecule has 5 nitrogen and oxygen atoms in total. The van der Waals surface area contributed by atoms with Gasteiger partial charge in [-0.2, -0.15) is 0 Å². The lowest BCUT2D eigenvalue weighted by Crippen LogP contribution is -2.34. The van der Waals surface area contributed by atoms with E-state index >= 15 is 0 Å². The fourth-order valence-corrected chi connectivity index (χ4v) is 1.39. The van der Waals surface area contributed by atoms with Gasteiger partial charge in [-0.15, -0.1) is 0 Å². The van der Waals surface area contributed by atoms with E-state index in [1.165, 1.54) is 0 Å². The van der Waals surface area contributed by atoms with E-state index in [1.807, 2.05) is 0 Å². The minimum Gasteiger partial charge on any atom is -0.481 e. The molecule has 0 spiro atoms. The summed E-state index contributed by atoms with van der Waals surface area (Å²) in [6, 6.07) is 0. The summed E-state index contributed by atoms with van der Waals surface area (Å²) in [5, 5.41) is 8.54. The van der Waals surface area contributed by atoms with Crippen LogP contribution in [0, 0.1) is 0 Å². The highest BCUT2D eigenvalue weighted by atomic mass is 16.7. The van der Waals surface area contributed by atoms with Crippen LogP contribution >= 0.6 is 0 Å². The van der Waals surface area contributed by atoms with E-state index in [0.29, 0.717) is 13.0 Å². The topological polar surface area (TPSA) is 81.8 Å². The lowest BCUT2D eigenvalue weighted by atomic mass is 10.1. The molecular formula is C8H15NO4. The summed E-state index contributed by atoms with van der Waals surface area (Å²) in [5.74, 6) is -0.835. The van der Waals surface area contributed by atoms with Gasteiger partial charge in [0.2, 0.25) is 0 Å². The molecule has 0 aliphatic carbocycles. The van der Waals surface area contributed by atoms with Gasteiger partial charge in [-0.25, -0.2) is 0 Å². The van der Waals surface area contributed by atoms with Crippen molar-refractivity contribution in [3.63, 3.8) is 0 Å². The first-order valence-corrected chi connectivity index (χ1v) is 4.37. The first kappa shape index (κ1) is 10.4. The molecule has 1 aliphatic heterocycles. The summed E-state index contributed by atoms with van der Waals surface area (Å²) in [5.41, 5.74) is 5.37. The normalized spacial score (nSPS) is 28.7. The predicted molar refractivity (Wildman–Crippen MR) is 45.2 cm³/mol. The molecule has 1 rings (SSSR count). The molecule has 0 aromatic heterocycles. The summed E-state index contributed by atoms with van der Waals surface area (Å²) in [6.07, 6.45) is 1.28. The van der Waals surface area contributed by atoms with E-state index in [4.69, 9.17) is 20.3 Å². The van der Waals surface area contributed by atoms with Crippen LogP contribution in [-0.4, -0.2) is 36.6 Å². The summed E-state index contributed by atoms with van der Waals surface area (Å²) >= 11 is 0. The van der Waals surface area contributed by atoms with Crippen molar-refractivity contribution in [3.8, 4) is 0 Å². The number of hydrogen-bond acceptors (Lipinski definition) is 4. The lowest BCUT2D eigenvalue weighted by Gasteiger charge is -2.28. The van der Waals surface area contributed by atoms with Crippen LogP contribution in [0.1, 0.15) is 19.3 Å². The van der Waals surface area contributed by atoms with E-state index in [9.17, 15) is 4.79 Å². The highest BCUT2D eigenvalue weighted by molar-refractivity contribution is 5.67. The fraction of sp³-hybridized carbons (Fsp3) is 0.875. The molecule has 1 fully saturated rings. The van der Waals surface area contributed by atoms with Crippen molar-refractivity contribution in [2.45, 2.75) is 31.5 Å². The van der Waals surface area contributed by atoms with Gasteiger partial charge < -0.3 is 20.3 Å². The second-order valence-electron chi connectivity index (χ2n) is 3.11. The second kappa shape index (κ2) is 5.16. The molecule has 13 heavy (non-hydrogen) atoms. The van der Waals surface area contributed by atoms with Crippen LogP contribution in [0.5, 0.6) is 0 Å². The first-order chi connectivity index (χ1) is 6.22. The van der Waals surface area contributed by atoms with Crippen LogP contribution in [-0.2, 0) is 14.3 Å². The van der Waals surface area contributed by atoms with Gasteiger partial charge in [-0.05, 0) is 13.0 Å². The van der Waals surface area contributed by atoms with Gasteiger partial charge in [0.25, 0.3) is 0 Å². The Morgan fingerprint density at radius 2 is 2.15 bits per heavy atom. The maximum atomic E-state index is 10.4. The Kier molecular flexibility index (Phi) is 4.14. The largest absolute Gasteiger partial charge is 0.481 e. The maximum absolute atomic E-state index is 10.4. The molecule has 3 N–H and O–H groups in total. The van der Waals surface area contributed by atoms with E-state index in [1.54, 1.807) is 0 Å². The third-order valence-corrected chi connectivity index (χ3v) is 2.02. The second-order valence-corrected chi connectivity index (χ2v) is 3.11. The molecule has 2 unspecified atom stereocenters. The third kappa shape index (κ3) is 3.71. The van der Waals surface area contributed by atoms with Crippen LogP contribution in [0.25, 0.3) is 0 Å². The number of carboxylic acid groups (broad SMARTS) is 1. The molecule has 2 atom stereocenters. The zero-order valence-corrected chi connectivity index (χ0v) is 7.44. The van der Waals surface area contributed by atoms with Crippen molar-refractivity contribution in [3.05, 3.63) is 0 Å². The number of aliphatic carboxylic acids is 1. The van der Waals surface area contributed by atoms with Gasteiger partial charge in [-0.3, -0.25) is 4.79 Å². The van der Waals surface area contributed by atoms with Crippen molar-refractivity contribution < 1.29 is 19.4 Å². The quantitative estimate of drug-likeness (QED) is 0.647. The van der Waals surface area contributed by atoms with Crippen LogP contribution in [0.4, 0.5) is 0 Å². The van der Waals surface area contributed by atoms with Crippen molar-refractivity contribution in [2.24, 2.45) is 5.73 Å².